The normalized spacial score (nSPS) is 29.7. The van der Waals surface area contributed by atoms with Gasteiger partial charge in [-0.15, -0.1) is 0 Å². The minimum atomic E-state index is 0.276. The number of benzene rings is 1. The summed E-state index contributed by atoms with van der Waals surface area (Å²) in [5, 5.41) is 1.42. The molecular weight excluding hydrogens is 298 g/mol. The summed E-state index contributed by atoms with van der Waals surface area (Å²) in [7, 11) is 4.22. The molecule has 0 radical (unpaired) electrons. The summed E-state index contributed by atoms with van der Waals surface area (Å²) in [4.78, 5) is 16.6. The van der Waals surface area contributed by atoms with Gasteiger partial charge in [-0.3, -0.25) is 9.69 Å². The second-order valence-electron chi connectivity index (χ2n) is 8.00. The fourth-order valence-corrected chi connectivity index (χ4v) is 5.35. The van der Waals surface area contributed by atoms with Gasteiger partial charge < -0.3 is 9.47 Å². The van der Waals surface area contributed by atoms with Crippen LogP contribution in [0, 0.1) is 6.92 Å². The molecule has 2 aromatic rings. The maximum atomic E-state index is 12.1. The number of amides is 1. The lowest BCUT2D eigenvalue weighted by molar-refractivity contribution is -0.126. The lowest BCUT2D eigenvalue weighted by Crippen LogP contribution is -2.35. The molecule has 2 saturated heterocycles. The van der Waals surface area contributed by atoms with Gasteiger partial charge in [-0.05, 0) is 44.5 Å². The number of aromatic nitrogens is 1. The molecule has 2 fully saturated rings. The minimum Gasteiger partial charge on any atom is -0.344 e. The molecule has 0 aliphatic carbocycles. The van der Waals surface area contributed by atoms with Crippen LogP contribution in [-0.2, 0) is 11.2 Å². The van der Waals surface area contributed by atoms with E-state index in [1.165, 1.54) is 35.0 Å². The van der Waals surface area contributed by atoms with Gasteiger partial charge in [0.25, 0.3) is 0 Å². The summed E-state index contributed by atoms with van der Waals surface area (Å²) in [6.07, 6.45) is 4.34. The zero-order valence-corrected chi connectivity index (χ0v) is 14.7. The van der Waals surface area contributed by atoms with E-state index in [1.807, 2.05) is 11.9 Å². The molecule has 126 valence electrons. The highest BCUT2D eigenvalue weighted by Gasteiger charge is 2.42. The Labute approximate surface area is 143 Å². The summed E-state index contributed by atoms with van der Waals surface area (Å²) >= 11 is 0. The highest BCUT2D eigenvalue weighted by molar-refractivity contribution is 5.88. The third-order valence-corrected chi connectivity index (χ3v) is 6.59. The highest BCUT2D eigenvalue weighted by Crippen LogP contribution is 2.48. The predicted molar refractivity (Wildman–Crippen MR) is 95.2 cm³/mol. The maximum Gasteiger partial charge on any atom is 0.224 e. The average molecular weight is 323 g/mol. The topological polar surface area (TPSA) is 28.5 Å². The Morgan fingerprint density at radius 2 is 1.92 bits per heavy atom. The lowest BCUT2D eigenvalue weighted by atomic mass is 9.97. The Morgan fingerprint density at radius 1 is 1.08 bits per heavy atom. The highest BCUT2D eigenvalue weighted by atomic mass is 16.2. The minimum absolute atomic E-state index is 0.276. The van der Waals surface area contributed by atoms with Crippen molar-refractivity contribution in [1.29, 1.82) is 0 Å². The number of carbonyl (C=O) groups excluding carboxylic acids is 1. The van der Waals surface area contributed by atoms with Crippen LogP contribution in [0.4, 0.5) is 0 Å². The standard InChI is InChI=1S/C20H25N3O/c1-12-4-6-16-15(8-12)20-17-7-5-13(22(17)3)9-18(20)23(16)14-10-19(24)21(2)11-14/h4,6,8,13-14,17H,5,7,9-11H2,1-3H3. The Kier molecular flexibility index (Phi) is 2.94. The fourth-order valence-electron chi connectivity index (χ4n) is 5.35. The van der Waals surface area contributed by atoms with Crippen LogP contribution in [0.5, 0.6) is 0 Å². The molecule has 24 heavy (non-hydrogen) atoms. The van der Waals surface area contributed by atoms with Gasteiger partial charge in [0.2, 0.25) is 5.91 Å². The quantitative estimate of drug-likeness (QED) is 0.807. The van der Waals surface area contributed by atoms with Crippen LogP contribution in [0.3, 0.4) is 0 Å². The van der Waals surface area contributed by atoms with Gasteiger partial charge in [0.05, 0.1) is 6.04 Å². The molecule has 0 spiro atoms. The molecule has 4 heteroatoms. The van der Waals surface area contributed by atoms with Crippen LogP contribution in [0.1, 0.15) is 48.2 Å². The summed E-state index contributed by atoms with van der Waals surface area (Å²) in [5.74, 6) is 0.276. The lowest BCUT2D eigenvalue weighted by Gasteiger charge is -2.33. The SMILES string of the molecule is Cc1ccc2c(c1)c1c(n2C2CC(=O)N(C)C2)CC2CCC1N2C. The number of carbonyl (C=O) groups is 1. The van der Waals surface area contributed by atoms with E-state index in [9.17, 15) is 4.79 Å². The van der Waals surface area contributed by atoms with Gasteiger partial charge in [0.15, 0.2) is 0 Å². The van der Waals surface area contributed by atoms with E-state index >= 15 is 0 Å². The van der Waals surface area contributed by atoms with Gasteiger partial charge in [0, 0.05) is 55.1 Å². The van der Waals surface area contributed by atoms with Gasteiger partial charge in [0.1, 0.15) is 0 Å². The van der Waals surface area contributed by atoms with Gasteiger partial charge in [-0.25, -0.2) is 0 Å². The van der Waals surface area contributed by atoms with Crippen LogP contribution in [0.2, 0.25) is 0 Å². The molecule has 3 aliphatic rings. The number of hydrogen-bond acceptors (Lipinski definition) is 2. The number of aryl methyl sites for hydroxylation is 1. The predicted octanol–water partition coefficient (Wildman–Crippen LogP) is 3.04. The first-order chi connectivity index (χ1) is 11.5. The second kappa shape index (κ2) is 4.85. The second-order valence-corrected chi connectivity index (χ2v) is 8.00. The van der Waals surface area contributed by atoms with E-state index < -0.39 is 0 Å². The van der Waals surface area contributed by atoms with Crippen LogP contribution in [0.25, 0.3) is 10.9 Å². The molecule has 1 aromatic carbocycles. The van der Waals surface area contributed by atoms with E-state index in [4.69, 9.17) is 0 Å². The number of fused-ring (bicyclic) bond motifs is 6. The largest absolute Gasteiger partial charge is 0.344 e. The molecule has 0 saturated carbocycles. The molecule has 1 amide bonds. The number of hydrogen-bond donors (Lipinski definition) is 0. The van der Waals surface area contributed by atoms with Gasteiger partial charge in [-0.1, -0.05) is 11.6 Å². The molecule has 0 N–H and O–H groups in total. The molecule has 3 aliphatic heterocycles. The molecule has 3 unspecified atom stereocenters. The van der Waals surface area contributed by atoms with Crippen molar-refractivity contribution in [3.8, 4) is 0 Å². The van der Waals surface area contributed by atoms with Crippen LogP contribution in [-0.4, -0.2) is 47.0 Å². The summed E-state index contributed by atoms with van der Waals surface area (Å²) in [6.45, 7) is 3.02. The number of rotatable bonds is 1. The van der Waals surface area contributed by atoms with Crippen molar-refractivity contribution in [2.24, 2.45) is 0 Å². The summed E-state index contributed by atoms with van der Waals surface area (Å²) in [6, 6.07) is 8.36. The van der Waals surface area contributed by atoms with Crippen molar-refractivity contribution in [3.63, 3.8) is 0 Å². The first kappa shape index (κ1) is 14.5. The number of likely N-dealkylation sites (tertiary alicyclic amines) is 1. The van der Waals surface area contributed by atoms with Gasteiger partial charge in [-0.2, -0.15) is 0 Å². The molecule has 4 nitrogen and oxygen atoms in total. The van der Waals surface area contributed by atoms with E-state index in [0.29, 0.717) is 24.5 Å². The summed E-state index contributed by atoms with van der Waals surface area (Å²) < 4.78 is 2.53. The molecular formula is C20H25N3O. The summed E-state index contributed by atoms with van der Waals surface area (Å²) in [5.41, 5.74) is 5.71. The van der Waals surface area contributed by atoms with Crippen LogP contribution >= 0.6 is 0 Å². The van der Waals surface area contributed by atoms with Crippen molar-refractivity contribution < 1.29 is 4.79 Å². The maximum absolute atomic E-state index is 12.1. The Hall–Kier alpha value is -1.81. The smallest absolute Gasteiger partial charge is 0.224 e. The van der Waals surface area contributed by atoms with E-state index in [2.05, 4.69) is 41.6 Å². The zero-order valence-electron chi connectivity index (χ0n) is 14.7. The fraction of sp³-hybridized carbons (Fsp3) is 0.550. The Balaban J connectivity index is 1.76. The first-order valence-corrected chi connectivity index (χ1v) is 9.14. The average Bonchev–Trinajstić information content (AvgIpc) is 3.10. The van der Waals surface area contributed by atoms with Crippen molar-refractivity contribution in [1.82, 2.24) is 14.4 Å². The molecule has 3 atom stereocenters. The van der Waals surface area contributed by atoms with Crippen molar-refractivity contribution in [2.45, 2.75) is 50.7 Å². The van der Waals surface area contributed by atoms with Gasteiger partial charge >= 0.3 is 0 Å². The first-order valence-electron chi connectivity index (χ1n) is 9.14. The van der Waals surface area contributed by atoms with Crippen molar-refractivity contribution in [3.05, 3.63) is 35.0 Å². The zero-order chi connectivity index (χ0) is 16.6. The van der Waals surface area contributed by atoms with E-state index in [-0.39, 0.29) is 5.91 Å². The van der Waals surface area contributed by atoms with Crippen LogP contribution < -0.4 is 0 Å². The van der Waals surface area contributed by atoms with Crippen molar-refractivity contribution >= 4 is 16.8 Å². The number of likely N-dealkylation sites (N-methyl/N-ethyl adjacent to an activating group) is 2. The molecule has 4 heterocycles. The van der Waals surface area contributed by atoms with Crippen molar-refractivity contribution in [2.75, 3.05) is 20.6 Å². The van der Waals surface area contributed by atoms with Crippen LogP contribution in [0.15, 0.2) is 18.2 Å². The molecule has 2 bridgehead atoms. The van der Waals surface area contributed by atoms with E-state index in [1.54, 1.807) is 5.56 Å². The number of nitrogens with zero attached hydrogens (tertiary/aromatic N) is 3. The van der Waals surface area contributed by atoms with E-state index in [0.717, 1.165) is 13.0 Å². The Bertz CT molecular complexity index is 852. The third-order valence-electron chi connectivity index (χ3n) is 6.59. The third kappa shape index (κ3) is 1.80. The molecule has 1 aromatic heterocycles. The monoisotopic (exact) mass is 323 g/mol. The molecule has 5 rings (SSSR count). The Morgan fingerprint density at radius 3 is 2.67 bits per heavy atom.